The molecule has 0 saturated carbocycles. The fourth-order valence-corrected chi connectivity index (χ4v) is 2.32. The summed E-state index contributed by atoms with van der Waals surface area (Å²) in [7, 11) is -3.91. The summed E-state index contributed by atoms with van der Waals surface area (Å²) in [4.78, 5) is -0.542. The number of halogens is 2. The van der Waals surface area contributed by atoms with E-state index >= 15 is 0 Å². The summed E-state index contributed by atoms with van der Waals surface area (Å²) < 4.78 is 51.4. The molecule has 0 aromatic heterocycles. The second-order valence-corrected chi connectivity index (χ2v) is 5.07. The van der Waals surface area contributed by atoms with Crippen LogP contribution < -0.4 is 4.72 Å². The first-order chi connectivity index (χ1) is 7.97. The first-order valence-corrected chi connectivity index (χ1v) is 6.51. The quantitative estimate of drug-likeness (QED) is 0.652. The fourth-order valence-electron chi connectivity index (χ4n) is 1.21. The summed E-state index contributed by atoms with van der Waals surface area (Å²) in [6, 6.07) is 2.35. The molecule has 17 heavy (non-hydrogen) atoms. The Kier molecular flexibility index (Phi) is 4.77. The molecule has 0 atom stereocenters. The van der Waals surface area contributed by atoms with Crippen molar-refractivity contribution >= 4 is 10.0 Å². The topological polar surface area (TPSA) is 46.2 Å². The molecule has 3 nitrogen and oxygen atoms in total. The minimum absolute atomic E-state index is 0.170. The van der Waals surface area contributed by atoms with Crippen LogP contribution in [-0.2, 0) is 10.0 Å². The number of nitrogens with one attached hydrogen (secondary N) is 1. The van der Waals surface area contributed by atoms with Crippen molar-refractivity contribution in [2.24, 2.45) is 0 Å². The molecule has 1 aromatic carbocycles. The van der Waals surface area contributed by atoms with E-state index in [-0.39, 0.29) is 6.54 Å². The molecule has 0 aliphatic heterocycles. The Labute approximate surface area is 99.2 Å². The largest absolute Gasteiger partial charge is 0.243 e. The van der Waals surface area contributed by atoms with Gasteiger partial charge >= 0.3 is 0 Å². The normalized spacial score (nSPS) is 12.2. The summed E-state index contributed by atoms with van der Waals surface area (Å²) in [6.45, 7) is 1.98. The number of hydrogen-bond acceptors (Lipinski definition) is 2. The van der Waals surface area contributed by atoms with Crippen LogP contribution in [-0.4, -0.2) is 15.0 Å². The third kappa shape index (κ3) is 3.90. The summed E-state index contributed by atoms with van der Waals surface area (Å²) >= 11 is 0. The van der Waals surface area contributed by atoms with Crippen LogP contribution >= 0.6 is 0 Å². The maximum atomic E-state index is 13.2. The van der Waals surface area contributed by atoms with E-state index in [1.165, 1.54) is 0 Å². The van der Waals surface area contributed by atoms with Crippen molar-refractivity contribution in [2.45, 2.75) is 18.2 Å². The van der Waals surface area contributed by atoms with Crippen LogP contribution in [0.1, 0.15) is 13.3 Å². The van der Waals surface area contributed by atoms with Crippen LogP contribution in [0.2, 0.25) is 0 Å². The lowest BCUT2D eigenvalue weighted by Crippen LogP contribution is -2.25. The fraction of sp³-hybridized carbons (Fsp3) is 0.273. The van der Waals surface area contributed by atoms with Gasteiger partial charge in [-0.2, -0.15) is 0 Å². The number of rotatable bonds is 5. The molecule has 0 heterocycles. The van der Waals surface area contributed by atoms with Gasteiger partial charge in [-0.05, 0) is 25.5 Å². The van der Waals surface area contributed by atoms with E-state index < -0.39 is 26.6 Å². The minimum atomic E-state index is -3.91. The van der Waals surface area contributed by atoms with Crippen molar-refractivity contribution in [3.05, 3.63) is 42.0 Å². The molecule has 0 fully saturated rings. The summed E-state index contributed by atoms with van der Waals surface area (Å²) in [5.74, 6) is -1.90. The van der Waals surface area contributed by atoms with Crippen molar-refractivity contribution in [3.8, 4) is 0 Å². The Morgan fingerprint density at radius 2 is 2.06 bits per heavy atom. The lowest BCUT2D eigenvalue weighted by atomic mass is 10.3. The number of allylic oxidation sites excluding steroid dienone is 1. The maximum Gasteiger partial charge on any atom is 0.243 e. The van der Waals surface area contributed by atoms with Crippen LogP contribution in [0.4, 0.5) is 8.78 Å². The highest BCUT2D eigenvalue weighted by Crippen LogP contribution is 2.15. The van der Waals surface area contributed by atoms with Gasteiger partial charge in [0, 0.05) is 12.6 Å². The Morgan fingerprint density at radius 1 is 1.35 bits per heavy atom. The van der Waals surface area contributed by atoms with E-state index in [0.717, 1.165) is 12.1 Å². The second kappa shape index (κ2) is 5.88. The highest BCUT2D eigenvalue weighted by molar-refractivity contribution is 7.89. The highest BCUT2D eigenvalue weighted by Gasteiger charge is 2.18. The van der Waals surface area contributed by atoms with Gasteiger partial charge in [0.2, 0.25) is 10.0 Å². The predicted molar refractivity (Wildman–Crippen MR) is 61.0 cm³/mol. The SMILES string of the molecule is C/C=C/CCNS(=O)(=O)c1ccc(F)cc1F. The molecule has 0 aliphatic rings. The standard InChI is InChI=1S/C11H13F2NO2S/c1-2-3-4-7-14-17(15,16)11-6-5-9(12)8-10(11)13/h2-3,5-6,8,14H,4,7H2,1H3/b3-2+. The van der Waals surface area contributed by atoms with E-state index in [0.29, 0.717) is 12.5 Å². The van der Waals surface area contributed by atoms with Crippen LogP contribution in [0.3, 0.4) is 0 Å². The van der Waals surface area contributed by atoms with Crippen molar-refractivity contribution in [1.82, 2.24) is 4.72 Å². The maximum absolute atomic E-state index is 13.2. The van der Waals surface area contributed by atoms with E-state index in [9.17, 15) is 17.2 Å². The predicted octanol–water partition coefficient (Wildman–Crippen LogP) is 2.21. The van der Waals surface area contributed by atoms with Gasteiger partial charge in [0.05, 0.1) is 0 Å². The van der Waals surface area contributed by atoms with Gasteiger partial charge in [-0.25, -0.2) is 21.9 Å². The van der Waals surface area contributed by atoms with Crippen LogP contribution in [0.25, 0.3) is 0 Å². The first-order valence-electron chi connectivity index (χ1n) is 5.03. The molecular weight excluding hydrogens is 248 g/mol. The Bertz CT molecular complexity index is 512. The molecule has 1 N–H and O–H groups in total. The van der Waals surface area contributed by atoms with Crippen molar-refractivity contribution in [1.29, 1.82) is 0 Å². The number of hydrogen-bond donors (Lipinski definition) is 1. The van der Waals surface area contributed by atoms with Crippen LogP contribution in [0.5, 0.6) is 0 Å². The average molecular weight is 261 g/mol. The molecule has 0 amide bonds. The molecular formula is C11H13F2NO2S. The smallest absolute Gasteiger partial charge is 0.211 e. The zero-order valence-electron chi connectivity index (χ0n) is 9.28. The van der Waals surface area contributed by atoms with Gasteiger partial charge in [-0.15, -0.1) is 0 Å². The molecule has 0 saturated heterocycles. The zero-order valence-corrected chi connectivity index (χ0v) is 10.1. The summed E-state index contributed by atoms with van der Waals surface area (Å²) in [5.41, 5.74) is 0. The Hall–Kier alpha value is -1.27. The molecule has 0 aliphatic carbocycles. The number of benzene rings is 1. The van der Waals surface area contributed by atoms with E-state index in [2.05, 4.69) is 4.72 Å². The zero-order chi connectivity index (χ0) is 12.9. The van der Waals surface area contributed by atoms with Crippen molar-refractivity contribution in [2.75, 3.05) is 6.54 Å². The second-order valence-electron chi connectivity index (χ2n) is 3.33. The first kappa shape index (κ1) is 13.8. The third-order valence-electron chi connectivity index (χ3n) is 2.02. The van der Waals surface area contributed by atoms with Crippen molar-refractivity contribution in [3.63, 3.8) is 0 Å². The van der Waals surface area contributed by atoms with Gasteiger partial charge in [-0.1, -0.05) is 12.2 Å². The molecule has 0 bridgehead atoms. The molecule has 94 valence electrons. The number of sulfonamides is 1. The van der Waals surface area contributed by atoms with Gasteiger partial charge in [0.15, 0.2) is 0 Å². The van der Waals surface area contributed by atoms with Crippen LogP contribution in [0, 0.1) is 11.6 Å². The molecule has 0 radical (unpaired) electrons. The van der Waals surface area contributed by atoms with E-state index in [4.69, 9.17) is 0 Å². The van der Waals surface area contributed by atoms with E-state index in [1.54, 1.807) is 12.2 Å². The van der Waals surface area contributed by atoms with Gasteiger partial charge in [-0.3, -0.25) is 0 Å². The minimum Gasteiger partial charge on any atom is -0.211 e. The van der Waals surface area contributed by atoms with Gasteiger partial charge in [0.25, 0.3) is 0 Å². The van der Waals surface area contributed by atoms with Gasteiger partial charge < -0.3 is 0 Å². The molecule has 0 spiro atoms. The Balaban J connectivity index is 2.82. The Morgan fingerprint density at radius 3 is 2.65 bits per heavy atom. The molecule has 1 rings (SSSR count). The highest BCUT2D eigenvalue weighted by atomic mass is 32.2. The average Bonchev–Trinajstić information content (AvgIpc) is 2.24. The van der Waals surface area contributed by atoms with Crippen LogP contribution in [0.15, 0.2) is 35.2 Å². The molecule has 0 unspecified atom stereocenters. The monoisotopic (exact) mass is 261 g/mol. The molecule has 1 aromatic rings. The van der Waals surface area contributed by atoms with Gasteiger partial charge in [0.1, 0.15) is 16.5 Å². The lowest BCUT2D eigenvalue weighted by molar-refractivity contribution is 0.543. The lowest BCUT2D eigenvalue weighted by Gasteiger charge is -2.06. The van der Waals surface area contributed by atoms with Crippen molar-refractivity contribution < 1.29 is 17.2 Å². The summed E-state index contributed by atoms with van der Waals surface area (Å²) in [5, 5.41) is 0. The molecule has 6 heteroatoms. The third-order valence-corrected chi connectivity index (χ3v) is 3.52. The summed E-state index contributed by atoms with van der Waals surface area (Å²) in [6.07, 6.45) is 4.08. The van der Waals surface area contributed by atoms with E-state index in [1.807, 2.05) is 6.92 Å².